The summed E-state index contributed by atoms with van der Waals surface area (Å²) in [5.41, 5.74) is 3.63. The first-order chi connectivity index (χ1) is 11.7. The van der Waals surface area contributed by atoms with Crippen LogP contribution >= 0.6 is 0 Å². The van der Waals surface area contributed by atoms with Gasteiger partial charge >= 0.3 is 0 Å². The lowest BCUT2D eigenvalue weighted by Crippen LogP contribution is -2.06. The van der Waals surface area contributed by atoms with Crippen LogP contribution in [0.25, 0.3) is 22.0 Å². The summed E-state index contributed by atoms with van der Waals surface area (Å²) < 4.78 is 0. The fourth-order valence-corrected chi connectivity index (χ4v) is 2.42. The van der Waals surface area contributed by atoms with Gasteiger partial charge in [0.2, 0.25) is 11.9 Å². The molecule has 2 aromatic carbocycles. The molecular weight excluding hydrogens is 300 g/mol. The molecule has 1 amide bonds. The number of carbonyl (C=O) groups is 1. The highest BCUT2D eigenvalue weighted by Crippen LogP contribution is 2.26. The van der Waals surface area contributed by atoms with Gasteiger partial charge in [-0.25, -0.2) is 9.97 Å². The molecule has 1 heterocycles. The first-order valence-electron chi connectivity index (χ1n) is 7.74. The Kier molecular flexibility index (Phi) is 4.52. The van der Waals surface area contributed by atoms with Gasteiger partial charge in [-0.2, -0.15) is 0 Å². The Labute approximate surface area is 140 Å². The molecule has 24 heavy (non-hydrogen) atoms. The second-order valence-corrected chi connectivity index (χ2v) is 5.27. The minimum Gasteiger partial charge on any atom is -0.354 e. The van der Waals surface area contributed by atoms with E-state index in [1.54, 1.807) is 0 Å². The summed E-state index contributed by atoms with van der Waals surface area (Å²) in [5.74, 6) is 0.392. The van der Waals surface area contributed by atoms with Crippen molar-refractivity contribution in [3.63, 3.8) is 0 Å². The fraction of sp³-hybridized carbons (Fsp3) is 0.105. The Morgan fingerprint density at radius 1 is 1.21 bits per heavy atom. The highest BCUT2D eigenvalue weighted by Gasteiger charge is 2.05. The molecule has 0 atom stereocenters. The number of nitrogens with zero attached hydrogens (tertiary/aromatic N) is 2. The molecule has 5 nitrogen and oxygen atoms in total. The highest BCUT2D eigenvalue weighted by atomic mass is 16.1. The van der Waals surface area contributed by atoms with Crippen molar-refractivity contribution in [2.45, 2.75) is 6.92 Å². The molecule has 0 saturated carbocycles. The summed E-state index contributed by atoms with van der Waals surface area (Å²) in [6.07, 6.45) is 3.06. The summed E-state index contributed by atoms with van der Waals surface area (Å²) >= 11 is 0. The summed E-state index contributed by atoms with van der Waals surface area (Å²) in [7, 11) is 0. The number of fused-ring (bicyclic) bond motifs is 1. The van der Waals surface area contributed by atoms with Crippen molar-refractivity contribution in [2.75, 3.05) is 17.2 Å². The van der Waals surface area contributed by atoms with Gasteiger partial charge < -0.3 is 10.6 Å². The Bertz CT molecular complexity index is 905. The number of amides is 1. The number of hydrogen-bond acceptors (Lipinski definition) is 4. The largest absolute Gasteiger partial charge is 0.354 e. The molecule has 0 radical (unpaired) electrons. The molecule has 0 aliphatic carbocycles. The van der Waals surface area contributed by atoms with Crippen LogP contribution in [0.3, 0.4) is 0 Å². The Hall–Kier alpha value is -3.21. The summed E-state index contributed by atoms with van der Waals surface area (Å²) in [4.78, 5) is 20.3. The van der Waals surface area contributed by atoms with Gasteiger partial charge in [0.1, 0.15) is 0 Å². The highest BCUT2D eigenvalue weighted by molar-refractivity contribution is 5.99. The second kappa shape index (κ2) is 6.91. The van der Waals surface area contributed by atoms with E-state index in [1.165, 1.54) is 6.08 Å². The van der Waals surface area contributed by atoms with E-state index in [0.717, 1.165) is 34.3 Å². The summed E-state index contributed by atoms with van der Waals surface area (Å²) in [6, 6.07) is 13.7. The molecule has 3 rings (SSSR count). The van der Waals surface area contributed by atoms with Gasteiger partial charge in [-0.3, -0.25) is 4.79 Å². The van der Waals surface area contributed by atoms with Crippen LogP contribution in [-0.4, -0.2) is 22.4 Å². The van der Waals surface area contributed by atoms with Crippen LogP contribution in [0.1, 0.15) is 6.92 Å². The molecular formula is C19H18N4O. The molecule has 0 saturated heterocycles. The standard InChI is InChI=1S/C19H18N4O/c1-3-18(24)22-16-7-5-6-13(10-16)14-8-9-15-12-21-19(20-4-2)23-17(15)11-14/h3,5-12H,1,4H2,2H3,(H,22,24)(H,20,21,23). The zero-order valence-electron chi connectivity index (χ0n) is 13.4. The zero-order chi connectivity index (χ0) is 16.9. The molecule has 3 aromatic rings. The van der Waals surface area contributed by atoms with E-state index in [4.69, 9.17) is 0 Å². The third-order valence-electron chi connectivity index (χ3n) is 3.57. The number of aromatic nitrogens is 2. The molecule has 0 aliphatic heterocycles. The van der Waals surface area contributed by atoms with E-state index >= 15 is 0 Å². The van der Waals surface area contributed by atoms with Crippen molar-refractivity contribution in [1.82, 2.24) is 9.97 Å². The minimum atomic E-state index is -0.228. The maximum absolute atomic E-state index is 11.4. The monoisotopic (exact) mass is 318 g/mol. The van der Waals surface area contributed by atoms with Crippen molar-refractivity contribution in [3.05, 3.63) is 61.3 Å². The van der Waals surface area contributed by atoms with Crippen LogP contribution in [0.2, 0.25) is 0 Å². The topological polar surface area (TPSA) is 66.9 Å². The normalized spacial score (nSPS) is 10.4. The van der Waals surface area contributed by atoms with Gasteiger partial charge in [0.05, 0.1) is 5.52 Å². The second-order valence-electron chi connectivity index (χ2n) is 5.27. The molecule has 2 N–H and O–H groups in total. The molecule has 1 aromatic heterocycles. The van der Waals surface area contributed by atoms with Crippen LogP contribution in [0, 0.1) is 0 Å². The van der Waals surface area contributed by atoms with E-state index in [2.05, 4.69) is 27.2 Å². The van der Waals surface area contributed by atoms with Crippen LogP contribution in [0.5, 0.6) is 0 Å². The lowest BCUT2D eigenvalue weighted by atomic mass is 10.0. The van der Waals surface area contributed by atoms with E-state index in [9.17, 15) is 4.79 Å². The number of carbonyl (C=O) groups excluding carboxylic acids is 1. The number of nitrogens with one attached hydrogen (secondary N) is 2. The van der Waals surface area contributed by atoms with Crippen molar-refractivity contribution in [1.29, 1.82) is 0 Å². The van der Waals surface area contributed by atoms with Crippen LogP contribution < -0.4 is 10.6 Å². The summed E-state index contributed by atoms with van der Waals surface area (Å²) in [6.45, 7) is 6.24. The molecule has 0 aliphatic rings. The van der Waals surface area contributed by atoms with Gasteiger partial charge in [-0.05, 0) is 42.3 Å². The average Bonchev–Trinajstić information content (AvgIpc) is 2.61. The van der Waals surface area contributed by atoms with Crippen molar-refractivity contribution < 1.29 is 4.79 Å². The van der Waals surface area contributed by atoms with E-state index in [-0.39, 0.29) is 5.91 Å². The predicted octanol–water partition coefficient (Wildman–Crippen LogP) is 3.85. The van der Waals surface area contributed by atoms with Gasteiger partial charge in [0, 0.05) is 23.8 Å². The number of hydrogen-bond donors (Lipinski definition) is 2. The van der Waals surface area contributed by atoms with Crippen molar-refractivity contribution >= 4 is 28.4 Å². The van der Waals surface area contributed by atoms with Gasteiger partial charge in [-0.1, -0.05) is 30.8 Å². The predicted molar refractivity (Wildman–Crippen MR) is 98.0 cm³/mol. The molecule has 0 fully saturated rings. The first kappa shape index (κ1) is 15.7. The lowest BCUT2D eigenvalue weighted by Gasteiger charge is -2.08. The number of rotatable bonds is 5. The van der Waals surface area contributed by atoms with E-state index in [1.807, 2.05) is 55.6 Å². The third kappa shape index (κ3) is 3.41. The Morgan fingerprint density at radius 2 is 2.04 bits per heavy atom. The van der Waals surface area contributed by atoms with E-state index < -0.39 is 0 Å². The third-order valence-corrected chi connectivity index (χ3v) is 3.57. The fourth-order valence-electron chi connectivity index (χ4n) is 2.42. The van der Waals surface area contributed by atoms with Crippen molar-refractivity contribution in [2.24, 2.45) is 0 Å². The Balaban J connectivity index is 1.97. The maximum atomic E-state index is 11.4. The van der Waals surface area contributed by atoms with Crippen molar-refractivity contribution in [3.8, 4) is 11.1 Å². The molecule has 120 valence electrons. The average molecular weight is 318 g/mol. The Morgan fingerprint density at radius 3 is 2.83 bits per heavy atom. The smallest absolute Gasteiger partial charge is 0.247 e. The molecule has 0 unspecified atom stereocenters. The summed E-state index contributed by atoms with van der Waals surface area (Å²) in [5, 5.41) is 6.87. The molecule has 0 bridgehead atoms. The van der Waals surface area contributed by atoms with Crippen LogP contribution in [-0.2, 0) is 4.79 Å². The molecule has 5 heteroatoms. The maximum Gasteiger partial charge on any atom is 0.247 e. The minimum absolute atomic E-state index is 0.228. The van der Waals surface area contributed by atoms with Gasteiger partial charge in [-0.15, -0.1) is 0 Å². The van der Waals surface area contributed by atoms with Crippen LogP contribution in [0.15, 0.2) is 61.3 Å². The SMILES string of the molecule is C=CC(=O)Nc1cccc(-c2ccc3cnc(NCC)nc3c2)c1. The number of benzene rings is 2. The first-order valence-corrected chi connectivity index (χ1v) is 7.74. The molecule has 0 spiro atoms. The lowest BCUT2D eigenvalue weighted by molar-refractivity contribution is -0.111. The van der Waals surface area contributed by atoms with E-state index in [0.29, 0.717) is 5.95 Å². The number of anilines is 2. The zero-order valence-corrected chi connectivity index (χ0v) is 13.4. The van der Waals surface area contributed by atoms with Crippen LogP contribution in [0.4, 0.5) is 11.6 Å². The van der Waals surface area contributed by atoms with Gasteiger partial charge in [0.25, 0.3) is 0 Å². The van der Waals surface area contributed by atoms with Gasteiger partial charge in [0.15, 0.2) is 0 Å². The quantitative estimate of drug-likeness (QED) is 0.701.